The van der Waals surface area contributed by atoms with E-state index >= 15 is 0 Å². The minimum Gasteiger partial charge on any atom is -0.398 e. The van der Waals surface area contributed by atoms with Crippen LogP contribution in [0.25, 0.3) is 0 Å². The number of halogens is 1. The van der Waals surface area contributed by atoms with Gasteiger partial charge in [0.05, 0.1) is 20.7 Å². The summed E-state index contributed by atoms with van der Waals surface area (Å²) in [4.78, 5) is 12.3. The summed E-state index contributed by atoms with van der Waals surface area (Å²) >= 11 is 6.00. The Morgan fingerprint density at radius 2 is 2.11 bits per heavy atom. The molecule has 0 spiro atoms. The van der Waals surface area contributed by atoms with Gasteiger partial charge in [0.15, 0.2) is 0 Å². The summed E-state index contributed by atoms with van der Waals surface area (Å²) in [6.07, 6.45) is 0.819. The number of rotatable bonds is 5. The number of carbonyl (C=O) groups is 1. The first-order valence-corrected chi connectivity index (χ1v) is 7.72. The molecule has 0 saturated carbocycles. The molecule has 0 bridgehead atoms. The molecule has 3 atom stereocenters. The van der Waals surface area contributed by atoms with Crippen LogP contribution < -0.4 is 11.1 Å². The second-order valence-corrected chi connectivity index (χ2v) is 6.53. The highest BCUT2D eigenvalue weighted by molar-refractivity contribution is 7.86. The first-order chi connectivity index (χ1) is 8.88. The van der Waals surface area contributed by atoms with Crippen LogP contribution in [-0.2, 0) is 15.6 Å². The van der Waals surface area contributed by atoms with Crippen LogP contribution in [0.4, 0.5) is 5.69 Å². The van der Waals surface area contributed by atoms with Crippen molar-refractivity contribution in [1.82, 2.24) is 5.32 Å². The molecule has 0 aliphatic heterocycles. The Labute approximate surface area is 121 Å². The van der Waals surface area contributed by atoms with Crippen LogP contribution in [0.5, 0.6) is 0 Å². The average Bonchev–Trinajstić information content (AvgIpc) is 2.37. The largest absolute Gasteiger partial charge is 0.398 e. The van der Waals surface area contributed by atoms with E-state index in [1.807, 2.05) is 13.8 Å². The van der Waals surface area contributed by atoms with Crippen molar-refractivity contribution in [2.24, 2.45) is 0 Å². The third-order valence-corrected chi connectivity index (χ3v) is 5.03. The van der Waals surface area contributed by atoms with Gasteiger partial charge in [0.1, 0.15) is 5.25 Å². The van der Waals surface area contributed by atoms with Crippen LogP contribution in [0.15, 0.2) is 23.1 Å². The van der Waals surface area contributed by atoms with E-state index < -0.39 is 16.0 Å². The smallest absolute Gasteiger partial charge is 0.236 e. The van der Waals surface area contributed by atoms with Gasteiger partial charge in [-0.05, 0) is 32.4 Å². The lowest BCUT2D eigenvalue weighted by Gasteiger charge is -2.17. The number of anilines is 1. The summed E-state index contributed by atoms with van der Waals surface area (Å²) in [6.45, 7) is 5.48. The van der Waals surface area contributed by atoms with Gasteiger partial charge in [-0.1, -0.05) is 24.6 Å². The van der Waals surface area contributed by atoms with Gasteiger partial charge in [-0.25, -0.2) is 0 Å². The number of amides is 1. The lowest BCUT2D eigenvalue weighted by Crippen LogP contribution is -2.40. The van der Waals surface area contributed by atoms with Crippen molar-refractivity contribution in [3.8, 4) is 0 Å². The van der Waals surface area contributed by atoms with Gasteiger partial charge in [0.25, 0.3) is 0 Å². The van der Waals surface area contributed by atoms with Crippen LogP contribution in [0.2, 0.25) is 5.02 Å². The van der Waals surface area contributed by atoms with Gasteiger partial charge in [0, 0.05) is 11.7 Å². The molecule has 0 aliphatic rings. The lowest BCUT2D eigenvalue weighted by atomic mass is 10.2. The molecule has 0 aromatic heterocycles. The Morgan fingerprint density at radius 1 is 1.47 bits per heavy atom. The van der Waals surface area contributed by atoms with Gasteiger partial charge in [-0.2, -0.15) is 0 Å². The quantitative estimate of drug-likeness (QED) is 0.820. The van der Waals surface area contributed by atoms with E-state index in [2.05, 4.69) is 5.32 Å². The molecule has 0 fully saturated rings. The van der Waals surface area contributed by atoms with Crippen LogP contribution in [0.3, 0.4) is 0 Å². The maximum absolute atomic E-state index is 12.4. The molecule has 0 saturated heterocycles. The number of carbonyl (C=O) groups excluding carboxylic acids is 1. The third kappa shape index (κ3) is 3.94. The SMILES string of the molecule is CCC(C)NC(=O)C(C)S(=O)c1c(N)cccc1Cl. The molecule has 4 nitrogen and oxygen atoms in total. The fraction of sp³-hybridized carbons (Fsp3) is 0.462. The third-order valence-electron chi connectivity index (χ3n) is 2.89. The maximum atomic E-state index is 12.4. The second-order valence-electron chi connectivity index (χ2n) is 4.42. The Balaban J connectivity index is 2.91. The molecule has 0 heterocycles. The Kier molecular flexibility index (Phi) is 5.82. The number of nitrogen functional groups attached to an aromatic ring is 1. The number of hydrogen-bond acceptors (Lipinski definition) is 3. The summed E-state index contributed by atoms with van der Waals surface area (Å²) < 4.78 is 12.4. The summed E-state index contributed by atoms with van der Waals surface area (Å²) in [5, 5.41) is 2.43. The van der Waals surface area contributed by atoms with Crippen molar-refractivity contribution in [1.29, 1.82) is 0 Å². The zero-order valence-corrected chi connectivity index (χ0v) is 12.8. The molecule has 6 heteroatoms. The van der Waals surface area contributed by atoms with Crippen LogP contribution in [0, 0.1) is 0 Å². The average molecular weight is 303 g/mol. The van der Waals surface area contributed by atoms with Gasteiger partial charge in [-0.3, -0.25) is 9.00 Å². The summed E-state index contributed by atoms with van der Waals surface area (Å²) in [5.74, 6) is -0.257. The predicted octanol–water partition coefficient (Wildman–Crippen LogP) is 2.33. The first kappa shape index (κ1) is 16.0. The summed E-state index contributed by atoms with van der Waals surface area (Å²) in [6, 6.07) is 4.97. The molecule has 1 aromatic carbocycles. The Hall–Kier alpha value is -1.07. The molecule has 0 radical (unpaired) electrons. The predicted molar refractivity (Wildman–Crippen MR) is 79.6 cm³/mol. The maximum Gasteiger partial charge on any atom is 0.236 e. The highest BCUT2D eigenvalue weighted by Crippen LogP contribution is 2.27. The number of benzene rings is 1. The highest BCUT2D eigenvalue weighted by atomic mass is 35.5. The Bertz CT molecular complexity index is 473. The molecule has 19 heavy (non-hydrogen) atoms. The van der Waals surface area contributed by atoms with E-state index in [-0.39, 0.29) is 11.9 Å². The van der Waals surface area contributed by atoms with E-state index in [0.29, 0.717) is 15.6 Å². The second kappa shape index (κ2) is 6.91. The molecule has 1 amide bonds. The van der Waals surface area contributed by atoms with Crippen molar-refractivity contribution in [3.63, 3.8) is 0 Å². The molecule has 1 aromatic rings. The monoisotopic (exact) mass is 302 g/mol. The van der Waals surface area contributed by atoms with Crippen molar-refractivity contribution in [2.75, 3.05) is 5.73 Å². The van der Waals surface area contributed by atoms with Gasteiger partial charge in [0.2, 0.25) is 5.91 Å². The van der Waals surface area contributed by atoms with E-state index in [0.717, 1.165) is 6.42 Å². The van der Waals surface area contributed by atoms with E-state index in [1.54, 1.807) is 25.1 Å². The zero-order valence-electron chi connectivity index (χ0n) is 11.3. The zero-order chi connectivity index (χ0) is 14.6. The van der Waals surface area contributed by atoms with Crippen molar-refractivity contribution in [2.45, 2.75) is 43.4 Å². The lowest BCUT2D eigenvalue weighted by molar-refractivity contribution is -0.120. The molecular formula is C13H19ClN2O2S. The van der Waals surface area contributed by atoms with Crippen molar-refractivity contribution >= 4 is 34.0 Å². The molecular weight excluding hydrogens is 284 g/mol. The number of nitrogens with two attached hydrogens (primary N) is 1. The number of nitrogens with one attached hydrogen (secondary N) is 1. The number of hydrogen-bond donors (Lipinski definition) is 2. The van der Waals surface area contributed by atoms with Crippen LogP contribution in [0.1, 0.15) is 27.2 Å². The molecule has 3 N–H and O–H groups in total. The summed E-state index contributed by atoms with van der Waals surface area (Å²) in [7, 11) is -1.57. The van der Waals surface area contributed by atoms with E-state index in [9.17, 15) is 9.00 Å². The molecule has 1 rings (SSSR count). The minimum absolute atomic E-state index is 0.0514. The van der Waals surface area contributed by atoms with Crippen LogP contribution in [-0.4, -0.2) is 21.4 Å². The molecule has 0 aliphatic carbocycles. The molecule has 106 valence electrons. The normalized spacial score (nSPS) is 15.6. The standard InChI is InChI=1S/C13H19ClN2O2S/c1-4-8(2)16-13(17)9(3)19(18)12-10(14)6-5-7-11(12)15/h5-9H,4,15H2,1-3H3,(H,16,17). The van der Waals surface area contributed by atoms with Gasteiger partial charge in [-0.15, -0.1) is 0 Å². The fourth-order valence-corrected chi connectivity index (χ4v) is 3.06. The van der Waals surface area contributed by atoms with Crippen LogP contribution >= 0.6 is 11.6 Å². The molecule has 3 unspecified atom stereocenters. The summed E-state index contributed by atoms with van der Waals surface area (Å²) in [5.41, 5.74) is 6.12. The van der Waals surface area contributed by atoms with Crippen molar-refractivity contribution in [3.05, 3.63) is 23.2 Å². The minimum atomic E-state index is -1.57. The van der Waals surface area contributed by atoms with Gasteiger partial charge >= 0.3 is 0 Å². The topological polar surface area (TPSA) is 72.2 Å². The van der Waals surface area contributed by atoms with E-state index in [1.165, 1.54) is 0 Å². The van der Waals surface area contributed by atoms with E-state index in [4.69, 9.17) is 17.3 Å². The first-order valence-electron chi connectivity index (χ1n) is 6.13. The Morgan fingerprint density at radius 3 is 2.63 bits per heavy atom. The van der Waals surface area contributed by atoms with Gasteiger partial charge < -0.3 is 11.1 Å². The van der Waals surface area contributed by atoms with Crippen molar-refractivity contribution < 1.29 is 9.00 Å². The highest BCUT2D eigenvalue weighted by Gasteiger charge is 2.25. The fourth-order valence-electron chi connectivity index (χ4n) is 1.47.